The normalized spacial score (nSPS) is 12.5. The van der Waals surface area contributed by atoms with Gasteiger partial charge in [0.05, 0.1) is 0 Å². The van der Waals surface area contributed by atoms with E-state index >= 15 is 0 Å². The minimum Gasteiger partial charge on any atom is -0.480 e. The van der Waals surface area contributed by atoms with Crippen molar-refractivity contribution in [1.82, 2.24) is 5.32 Å². The molecule has 6 heteroatoms. The van der Waals surface area contributed by atoms with E-state index in [9.17, 15) is 9.18 Å². The summed E-state index contributed by atoms with van der Waals surface area (Å²) in [6.07, 6.45) is 0. The van der Waals surface area contributed by atoms with E-state index in [0.717, 1.165) is 0 Å². The summed E-state index contributed by atoms with van der Waals surface area (Å²) in [5, 5.41) is 11.8. The Kier molecular flexibility index (Phi) is 4.86. The van der Waals surface area contributed by atoms with Gasteiger partial charge in [-0.25, -0.2) is 4.39 Å². The highest BCUT2D eigenvalue weighted by molar-refractivity contribution is 6.31. The Morgan fingerprint density at radius 2 is 2.29 bits per heavy atom. The van der Waals surface area contributed by atoms with E-state index in [1.807, 2.05) is 0 Å². The first-order valence-electron chi connectivity index (χ1n) is 5.05. The summed E-state index contributed by atoms with van der Waals surface area (Å²) >= 11 is 5.93. The summed E-state index contributed by atoms with van der Waals surface area (Å²) in [6.45, 7) is 2.00. The van der Waals surface area contributed by atoms with E-state index in [1.54, 1.807) is 6.92 Å². The van der Waals surface area contributed by atoms with Gasteiger partial charge in [0, 0.05) is 18.1 Å². The van der Waals surface area contributed by atoms with Crippen LogP contribution in [0.1, 0.15) is 11.1 Å². The fraction of sp³-hybridized carbons (Fsp3) is 0.364. The zero-order chi connectivity index (χ0) is 13.0. The van der Waals surface area contributed by atoms with Gasteiger partial charge in [0.1, 0.15) is 11.9 Å². The van der Waals surface area contributed by atoms with Crippen LogP contribution >= 0.6 is 11.6 Å². The first-order chi connectivity index (χ1) is 7.91. The van der Waals surface area contributed by atoms with Gasteiger partial charge >= 0.3 is 5.97 Å². The lowest BCUT2D eigenvalue weighted by atomic mass is 10.1. The van der Waals surface area contributed by atoms with Gasteiger partial charge in [-0.15, -0.1) is 0 Å². The molecule has 1 atom stereocenters. The van der Waals surface area contributed by atoms with E-state index in [1.165, 1.54) is 12.1 Å². The zero-order valence-electron chi connectivity index (χ0n) is 9.34. The molecule has 94 valence electrons. The van der Waals surface area contributed by atoms with Gasteiger partial charge in [0.25, 0.3) is 0 Å². The number of halogens is 2. The second-order valence-corrected chi connectivity index (χ2v) is 4.18. The van der Waals surface area contributed by atoms with E-state index in [4.69, 9.17) is 22.4 Å². The Balaban J connectivity index is 2.58. The quantitative estimate of drug-likeness (QED) is 0.746. The number of aliphatic carboxylic acids is 1. The average molecular weight is 261 g/mol. The van der Waals surface area contributed by atoms with E-state index in [0.29, 0.717) is 16.1 Å². The number of carbonyl (C=O) groups is 1. The predicted octanol–water partition coefficient (Wildman–Crippen LogP) is 1.29. The summed E-state index contributed by atoms with van der Waals surface area (Å²) in [4.78, 5) is 10.5. The summed E-state index contributed by atoms with van der Waals surface area (Å²) in [7, 11) is 0. The highest BCUT2D eigenvalue weighted by atomic mass is 35.5. The molecular weight excluding hydrogens is 247 g/mol. The lowest BCUT2D eigenvalue weighted by Gasteiger charge is -2.10. The topological polar surface area (TPSA) is 75.3 Å². The van der Waals surface area contributed by atoms with E-state index < -0.39 is 12.0 Å². The third kappa shape index (κ3) is 3.96. The Morgan fingerprint density at radius 1 is 1.65 bits per heavy atom. The molecule has 1 unspecified atom stereocenters. The number of nitrogens with two attached hydrogens (primary N) is 1. The smallest absolute Gasteiger partial charge is 0.321 e. The second kappa shape index (κ2) is 5.95. The Labute approximate surface area is 104 Å². The van der Waals surface area contributed by atoms with Crippen LogP contribution in [0, 0.1) is 12.7 Å². The molecule has 0 aliphatic carbocycles. The van der Waals surface area contributed by atoms with Gasteiger partial charge in [-0.1, -0.05) is 11.6 Å². The number of nitrogens with one attached hydrogen (secondary N) is 1. The van der Waals surface area contributed by atoms with Crippen molar-refractivity contribution in [3.05, 3.63) is 34.1 Å². The molecule has 17 heavy (non-hydrogen) atoms. The fourth-order valence-electron chi connectivity index (χ4n) is 1.27. The van der Waals surface area contributed by atoms with Crippen LogP contribution in [-0.2, 0) is 11.3 Å². The molecule has 0 aromatic heterocycles. The van der Waals surface area contributed by atoms with Crippen LogP contribution < -0.4 is 11.1 Å². The number of rotatable bonds is 5. The molecule has 0 amide bonds. The van der Waals surface area contributed by atoms with Gasteiger partial charge in [-0.2, -0.15) is 0 Å². The van der Waals surface area contributed by atoms with Gasteiger partial charge in [0.2, 0.25) is 0 Å². The number of hydrogen-bond acceptors (Lipinski definition) is 3. The van der Waals surface area contributed by atoms with Crippen molar-refractivity contribution in [3.63, 3.8) is 0 Å². The van der Waals surface area contributed by atoms with Crippen molar-refractivity contribution in [3.8, 4) is 0 Å². The Bertz CT molecular complexity index is 426. The van der Waals surface area contributed by atoms with Crippen molar-refractivity contribution < 1.29 is 14.3 Å². The van der Waals surface area contributed by atoms with Crippen LogP contribution in [-0.4, -0.2) is 23.7 Å². The van der Waals surface area contributed by atoms with Crippen molar-refractivity contribution in [1.29, 1.82) is 0 Å². The third-order valence-electron chi connectivity index (χ3n) is 2.32. The molecule has 4 N–H and O–H groups in total. The maximum Gasteiger partial charge on any atom is 0.321 e. The first-order valence-corrected chi connectivity index (χ1v) is 5.43. The molecule has 1 aromatic rings. The molecule has 0 spiro atoms. The fourth-order valence-corrected chi connectivity index (χ4v) is 1.56. The van der Waals surface area contributed by atoms with E-state index in [-0.39, 0.29) is 18.9 Å². The van der Waals surface area contributed by atoms with Gasteiger partial charge < -0.3 is 16.2 Å². The van der Waals surface area contributed by atoms with Crippen molar-refractivity contribution >= 4 is 17.6 Å². The number of carboxylic acids is 1. The number of hydrogen-bond donors (Lipinski definition) is 3. The standard InChI is InChI=1S/C11H14ClFN2O2/c1-6-2-8(12)7(3-9(6)13)4-15-5-10(14)11(16)17/h2-3,10,15H,4-5,14H2,1H3,(H,16,17). The molecular formula is C11H14ClFN2O2. The number of benzene rings is 1. The van der Waals surface area contributed by atoms with E-state index in [2.05, 4.69) is 5.32 Å². The summed E-state index contributed by atoms with van der Waals surface area (Å²) in [5.74, 6) is -1.42. The van der Waals surface area contributed by atoms with Crippen molar-refractivity contribution in [2.24, 2.45) is 5.73 Å². The molecule has 0 aliphatic heterocycles. The molecule has 0 saturated carbocycles. The molecule has 0 saturated heterocycles. The van der Waals surface area contributed by atoms with Crippen LogP contribution in [0.4, 0.5) is 4.39 Å². The lowest BCUT2D eigenvalue weighted by molar-refractivity contribution is -0.138. The van der Waals surface area contributed by atoms with Gasteiger partial charge in [-0.05, 0) is 30.2 Å². The van der Waals surface area contributed by atoms with Crippen molar-refractivity contribution in [2.75, 3.05) is 6.54 Å². The highest BCUT2D eigenvalue weighted by Gasteiger charge is 2.11. The lowest BCUT2D eigenvalue weighted by Crippen LogP contribution is -2.40. The Hall–Kier alpha value is -1.17. The van der Waals surface area contributed by atoms with Gasteiger partial charge in [0.15, 0.2) is 0 Å². The van der Waals surface area contributed by atoms with Crippen LogP contribution in [0.25, 0.3) is 0 Å². The summed E-state index contributed by atoms with van der Waals surface area (Å²) in [5.41, 5.74) is 6.35. The zero-order valence-corrected chi connectivity index (χ0v) is 10.1. The second-order valence-electron chi connectivity index (χ2n) is 3.77. The molecule has 0 bridgehead atoms. The Morgan fingerprint density at radius 3 is 2.88 bits per heavy atom. The average Bonchev–Trinajstić information content (AvgIpc) is 2.25. The molecule has 1 rings (SSSR count). The predicted molar refractivity (Wildman–Crippen MR) is 63.5 cm³/mol. The molecule has 4 nitrogen and oxygen atoms in total. The third-order valence-corrected chi connectivity index (χ3v) is 2.68. The van der Waals surface area contributed by atoms with Crippen LogP contribution in [0.5, 0.6) is 0 Å². The van der Waals surface area contributed by atoms with Crippen LogP contribution in [0.15, 0.2) is 12.1 Å². The van der Waals surface area contributed by atoms with Crippen LogP contribution in [0.2, 0.25) is 5.02 Å². The van der Waals surface area contributed by atoms with Crippen molar-refractivity contribution in [2.45, 2.75) is 19.5 Å². The summed E-state index contributed by atoms with van der Waals surface area (Å²) in [6, 6.07) is 1.88. The molecule has 0 aliphatic rings. The monoisotopic (exact) mass is 260 g/mol. The molecule has 0 radical (unpaired) electrons. The number of carboxylic acid groups (broad SMARTS) is 1. The maximum atomic E-state index is 13.3. The SMILES string of the molecule is Cc1cc(Cl)c(CNCC(N)C(=O)O)cc1F. The first kappa shape index (κ1) is 13.9. The molecule has 1 aromatic carbocycles. The molecule has 0 fully saturated rings. The maximum absolute atomic E-state index is 13.3. The van der Waals surface area contributed by atoms with Crippen LogP contribution in [0.3, 0.4) is 0 Å². The van der Waals surface area contributed by atoms with Gasteiger partial charge in [-0.3, -0.25) is 4.79 Å². The molecule has 0 heterocycles. The number of aryl methyl sites for hydroxylation is 1. The highest BCUT2D eigenvalue weighted by Crippen LogP contribution is 2.20. The minimum atomic E-state index is -1.08. The minimum absolute atomic E-state index is 0.0984. The largest absolute Gasteiger partial charge is 0.480 e. The summed E-state index contributed by atoms with van der Waals surface area (Å²) < 4.78 is 13.3.